The molecule has 0 aliphatic heterocycles. The number of rotatable bonds is 3. The van der Waals surface area contributed by atoms with Crippen molar-refractivity contribution in [3.05, 3.63) is 45.9 Å². The Hall–Kier alpha value is -2.10. The summed E-state index contributed by atoms with van der Waals surface area (Å²) >= 11 is 6.89. The van der Waals surface area contributed by atoms with Crippen LogP contribution in [-0.2, 0) is 6.54 Å². The molecule has 7 heteroatoms. The van der Waals surface area contributed by atoms with Gasteiger partial charge in [-0.05, 0) is 17.7 Å². The van der Waals surface area contributed by atoms with Gasteiger partial charge in [-0.2, -0.15) is 5.26 Å². The predicted molar refractivity (Wildman–Crippen MR) is 74.1 cm³/mol. The molecule has 0 unspecified atom stereocenters. The predicted octanol–water partition coefficient (Wildman–Crippen LogP) is 2.99. The zero-order valence-electron chi connectivity index (χ0n) is 9.68. The summed E-state index contributed by atoms with van der Waals surface area (Å²) in [6.07, 6.45) is 1.42. The molecule has 1 heterocycles. The zero-order valence-corrected chi connectivity index (χ0v) is 11.3. The summed E-state index contributed by atoms with van der Waals surface area (Å²) in [6, 6.07) is 8.78. The van der Waals surface area contributed by atoms with Crippen molar-refractivity contribution in [2.24, 2.45) is 0 Å². The molecule has 1 aromatic carbocycles. The number of benzene rings is 1. The van der Waals surface area contributed by atoms with Gasteiger partial charge in [-0.3, -0.25) is 5.32 Å². The number of urea groups is 1. The summed E-state index contributed by atoms with van der Waals surface area (Å²) in [5.41, 5.74) is 0.941. The topological polar surface area (TPSA) is 77.8 Å². The molecule has 0 fully saturated rings. The van der Waals surface area contributed by atoms with Crippen LogP contribution in [0.25, 0.3) is 0 Å². The fourth-order valence-corrected chi connectivity index (χ4v) is 2.04. The van der Waals surface area contributed by atoms with Crippen LogP contribution in [0.2, 0.25) is 5.02 Å². The number of thiazole rings is 1. The molecule has 2 N–H and O–H groups in total. The number of carbonyl (C=O) groups is 1. The minimum Gasteiger partial charge on any atom is -0.334 e. The number of anilines is 1. The molecular formula is C12H9ClN4OS. The molecule has 0 atom stereocenters. The molecule has 0 spiro atoms. The Morgan fingerprint density at radius 3 is 2.79 bits per heavy atom. The minimum atomic E-state index is -0.367. The van der Waals surface area contributed by atoms with Crippen LogP contribution in [0.1, 0.15) is 10.4 Å². The van der Waals surface area contributed by atoms with Crippen LogP contribution in [0.5, 0.6) is 0 Å². The van der Waals surface area contributed by atoms with Crippen molar-refractivity contribution in [3.63, 3.8) is 0 Å². The summed E-state index contributed by atoms with van der Waals surface area (Å²) in [7, 11) is 0. The zero-order chi connectivity index (χ0) is 13.7. The molecule has 0 aliphatic carbocycles. The molecule has 0 saturated carbocycles. The van der Waals surface area contributed by atoms with Gasteiger partial charge >= 0.3 is 6.03 Å². The van der Waals surface area contributed by atoms with Crippen LogP contribution in [0.3, 0.4) is 0 Å². The standard InChI is InChI=1S/C12H9ClN4OS/c13-9-3-1-8(2-4-9)6-15-11(18)17-12-16-7-10(5-14)19-12/h1-4,7H,6H2,(H2,15,16,17,18). The van der Waals surface area contributed by atoms with Crippen molar-refractivity contribution in [1.29, 1.82) is 5.26 Å². The highest BCUT2D eigenvalue weighted by atomic mass is 35.5. The molecular weight excluding hydrogens is 284 g/mol. The molecule has 0 saturated heterocycles. The van der Waals surface area contributed by atoms with E-state index in [1.807, 2.05) is 18.2 Å². The molecule has 19 heavy (non-hydrogen) atoms. The Morgan fingerprint density at radius 2 is 2.16 bits per heavy atom. The van der Waals surface area contributed by atoms with Crippen LogP contribution in [0, 0.1) is 11.3 Å². The molecule has 0 radical (unpaired) electrons. The first-order valence-corrected chi connectivity index (χ1v) is 6.52. The van der Waals surface area contributed by atoms with E-state index < -0.39 is 0 Å². The van der Waals surface area contributed by atoms with Crippen LogP contribution >= 0.6 is 22.9 Å². The van der Waals surface area contributed by atoms with Crippen LogP contribution in [0.4, 0.5) is 9.93 Å². The number of hydrogen-bond donors (Lipinski definition) is 2. The van der Waals surface area contributed by atoms with Gasteiger partial charge in [0.05, 0.1) is 6.20 Å². The summed E-state index contributed by atoms with van der Waals surface area (Å²) in [6.45, 7) is 0.388. The summed E-state index contributed by atoms with van der Waals surface area (Å²) < 4.78 is 0. The third kappa shape index (κ3) is 3.95. The second-order valence-corrected chi connectivity index (χ2v) is 5.04. The number of nitrogens with zero attached hydrogens (tertiary/aromatic N) is 2. The van der Waals surface area contributed by atoms with Crippen LogP contribution < -0.4 is 10.6 Å². The molecule has 96 valence electrons. The van der Waals surface area contributed by atoms with Gasteiger partial charge in [-0.15, -0.1) is 0 Å². The number of aromatic nitrogens is 1. The highest BCUT2D eigenvalue weighted by Gasteiger charge is 2.05. The van der Waals surface area contributed by atoms with E-state index in [9.17, 15) is 4.79 Å². The number of carbonyl (C=O) groups excluding carboxylic acids is 1. The lowest BCUT2D eigenvalue weighted by atomic mass is 10.2. The number of amides is 2. The third-order valence-electron chi connectivity index (χ3n) is 2.20. The smallest absolute Gasteiger partial charge is 0.321 e. The van der Waals surface area contributed by atoms with E-state index in [2.05, 4.69) is 15.6 Å². The minimum absolute atomic E-state index is 0.367. The maximum Gasteiger partial charge on any atom is 0.321 e. The van der Waals surface area contributed by atoms with Crippen molar-refractivity contribution in [1.82, 2.24) is 10.3 Å². The average Bonchev–Trinajstić information content (AvgIpc) is 2.86. The lowest BCUT2D eigenvalue weighted by Crippen LogP contribution is -2.28. The molecule has 2 amide bonds. The summed E-state index contributed by atoms with van der Waals surface area (Å²) in [4.78, 5) is 15.9. The number of halogens is 1. The Kier molecular flexibility index (Phi) is 4.34. The van der Waals surface area contributed by atoms with Crippen LogP contribution in [0.15, 0.2) is 30.5 Å². The van der Waals surface area contributed by atoms with E-state index in [0.717, 1.165) is 16.9 Å². The average molecular weight is 293 g/mol. The molecule has 2 rings (SSSR count). The van der Waals surface area contributed by atoms with Crippen LogP contribution in [-0.4, -0.2) is 11.0 Å². The van der Waals surface area contributed by atoms with Gasteiger partial charge in [0.2, 0.25) is 0 Å². The van der Waals surface area contributed by atoms with Crippen molar-refractivity contribution >= 4 is 34.1 Å². The second kappa shape index (κ2) is 6.18. The SMILES string of the molecule is N#Cc1cnc(NC(=O)NCc2ccc(Cl)cc2)s1. The van der Waals surface area contributed by atoms with Crippen molar-refractivity contribution in [2.75, 3.05) is 5.32 Å². The summed E-state index contributed by atoms with van der Waals surface area (Å²) in [5, 5.41) is 14.9. The monoisotopic (exact) mass is 292 g/mol. The van der Waals surface area contributed by atoms with E-state index in [1.54, 1.807) is 12.1 Å². The lowest BCUT2D eigenvalue weighted by Gasteiger charge is -2.05. The van der Waals surface area contributed by atoms with E-state index in [4.69, 9.17) is 16.9 Å². The van der Waals surface area contributed by atoms with E-state index in [-0.39, 0.29) is 6.03 Å². The highest BCUT2D eigenvalue weighted by molar-refractivity contribution is 7.16. The van der Waals surface area contributed by atoms with Crippen molar-refractivity contribution in [3.8, 4) is 6.07 Å². The summed E-state index contributed by atoms with van der Waals surface area (Å²) in [5.74, 6) is 0. The largest absolute Gasteiger partial charge is 0.334 e. The fourth-order valence-electron chi connectivity index (χ4n) is 1.31. The van der Waals surface area contributed by atoms with Gasteiger partial charge in [-0.1, -0.05) is 35.1 Å². The Labute approximate surface area is 118 Å². The quantitative estimate of drug-likeness (QED) is 0.913. The third-order valence-corrected chi connectivity index (χ3v) is 3.27. The molecule has 0 aliphatic rings. The van der Waals surface area contributed by atoms with Gasteiger partial charge < -0.3 is 5.32 Å². The first-order chi connectivity index (χ1) is 9.17. The maximum atomic E-state index is 11.6. The lowest BCUT2D eigenvalue weighted by molar-refractivity contribution is 0.251. The van der Waals surface area contributed by atoms with Gasteiger partial charge in [-0.25, -0.2) is 9.78 Å². The Morgan fingerprint density at radius 1 is 1.42 bits per heavy atom. The number of nitriles is 1. The first-order valence-electron chi connectivity index (χ1n) is 5.32. The van der Waals surface area contributed by atoms with E-state index in [0.29, 0.717) is 21.6 Å². The molecule has 5 nitrogen and oxygen atoms in total. The van der Waals surface area contributed by atoms with Gasteiger partial charge in [0.25, 0.3) is 0 Å². The van der Waals surface area contributed by atoms with E-state index in [1.165, 1.54) is 6.20 Å². The van der Waals surface area contributed by atoms with Gasteiger partial charge in [0.15, 0.2) is 5.13 Å². The number of hydrogen-bond acceptors (Lipinski definition) is 4. The van der Waals surface area contributed by atoms with Crippen molar-refractivity contribution in [2.45, 2.75) is 6.54 Å². The molecule has 0 bridgehead atoms. The Balaban J connectivity index is 1.84. The number of nitrogens with one attached hydrogen (secondary N) is 2. The fraction of sp³-hybridized carbons (Fsp3) is 0.0833. The Bertz CT molecular complexity index is 617. The second-order valence-electron chi connectivity index (χ2n) is 3.58. The molecule has 2 aromatic rings. The van der Waals surface area contributed by atoms with Gasteiger partial charge in [0.1, 0.15) is 10.9 Å². The van der Waals surface area contributed by atoms with Crippen molar-refractivity contribution < 1.29 is 4.79 Å². The first kappa shape index (κ1) is 13.3. The highest BCUT2D eigenvalue weighted by Crippen LogP contribution is 2.16. The van der Waals surface area contributed by atoms with Gasteiger partial charge in [0, 0.05) is 11.6 Å². The normalized spacial score (nSPS) is 9.68. The maximum absolute atomic E-state index is 11.6. The molecule has 1 aromatic heterocycles. The van der Waals surface area contributed by atoms with E-state index >= 15 is 0 Å².